The molecule has 0 fully saturated rings. The van der Waals surface area contributed by atoms with Gasteiger partial charge in [-0.25, -0.2) is 0 Å². The van der Waals surface area contributed by atoms with E-state index in [1.165, 1.54) is 0 Å². The molecule has 0 spiro atoms. The molecule has 0 rings (SSSR count). The molecule has 0 amide bonds. The van der Waals surface area contributed by atoms with Crippen molar-refractivity contribution in [3.8, 4) is 0 Å². The molecule has 4 heteroatoms. The van der Waals surface area contributed by atoms with Gasteiger partial charge in [-0.05, 0) is 53.8 Å². The molecule has 0 aliphatic heterocycles. The molecule has 2 nitrogen and oxygen atoms in total. The van der Waals surface area contributed by atoms with E-state index < -0.39 is 16.6 Å². The number of hydrogen-bond donors (Lipinski definition) is 0. The van der Waals surface area contributed by atoms with Gasteiger partial charge in [-0.3, -0.25) is 0 Å². The van der Waals surface area contributed by atoms with Crippen LogP contribution in [0.5, 0.6) is 0 Å². The van der Waals surface area contributed by atoms with Gasteiger partial charge in [0.1, 0.15) is 0 Å². The highest BCUT2D eigenvalue weighted by molar-refractivity contribution is 6.93. The van der Waals surface area contributed by atoms with Crippen molar-refractivity contribution in [1.82, 2.24) is 0 Å². The van der Waals surface area contributed by atoms with E-state index in [9.17, 15) is 0 Å². The van der Waals surface area contributed by atoms with Crippen molar-refractivity contribution < 1.29 is 8.85 Å². The summed E-state index contributed by atoms with van der Waals surface area (Å²) in [5.74, 6) is 0. The number of hydrogen-bond acceptors (Lipinski definition) is 2. The van der Waals surface area contributed by atoms with E-state index in [0.717, 1.165) is 5.67 Å². The summed E-state index contributed by atoms with van der Waals surface area (Å²) in [4.78, 5) is 0. The van der Waals surface area contributed by atoms with Crippen molar-refractivity contribution in [3.63, 3.8) is 0 Å². The van der Waals surface area contributed by atoms with Crippen LogP contribution in [0.2, 0.25) is 25.3 Å². The van der Waals surface area contributed by atoms with Crippen molar-refractivity contribution in [2.75, 3.05) is 0 Å². The molecule has 108 valence electrons. The Balaban J connectivity index is 5.10. The Morgan fingerprint density at radius 3 is 1.44 bits per heavy atom. The zero-order valence-corrected chi connectivity index (χ0v) is 15.8. The lowest BCUT2D eigenvalue weighted by molar-refractivity contribution is 0.0199. The molecule has 0 aromatic rings. The second-order valence-corrected chi connectivity index (χ2v) is 16.4. The van der Waals surface area contributed by atoms with Gasteiger partial charge in [-0.15, -0.1) is 12.3 Å². The average molecular weight is 289 g/mol. The Kier molecular flexibility index (Phi) is 5.64. The van der Waals surface area contributed by atoms with Gasteiger partial charge in [0.2, 0.25) is 0 Å². The van der Waals surface area contributed by atoms with Crippen molar-refractivity contribution in [2.45, 2.75) is 78.1 Å². The third kappa shape index (κ3) is 8.24. The lowest BCUT2D eigenvalue weighted by Gasteiger charge is -2.41. The van der Waals surface area contributed by atoms with Crippen LogP contribution in [-0.4, -0.2) is 27.8 Å². The van der Waals surface area contributed by atoms with Crippen LogP contribution in [0.3, 0.4) is 0 Å². The zero-order chi connectivity index (χ0) is 14.8. The van der Waals surface area contributed by atoms with Gasteiger partial charge in [0, 0.05) is 0 Å². The van der Waals surface area contributed by atoms with Gasteiger partial charge in [0.05, 0.1) is 19.3 Å². The van der Waals surface area contributed by atoms with Crippen molar-refractivity contribution in [1.29, 1.82) is 0 Å². The molecule has 0 heterocycles. The minimum Gasteiger partial charge on any atom is -0.390 e. The molecular weight excluding hydrogens is 256 g/mol. The molecule has 0 bridgehead atoms. The van der Waals surface area contributed by atoms with Crippen LogP contribution in [0.15, 0.2) is 12.3 Å². The minimum atomic E-state index is -2.19. The second-order valence-electron chi connectivity index (χ2n) is 7.93. The maximum Gasteiger partial charge on any atom is 0.333 e. The lowest BCUT2D eigenvalue weighted by atomic mass is 10.2. The fourth-order valence-corrected chi connectivity index (χ4v) is 12.7. The second kappa shape index (κ2) is 5.61. The van der Waals surface area contributed by atoms with E-state index in [4.69, 9.17) is 8.85 Å². The summed E-state index contributed by atoms with van der Waals surface area (Å²) >= 11 is 0. The maximum atomic E-state index is 6.34. The first-order valence-electron chi connectivity index (χ1n) is 6.72. The topological polar surface area (TPSA) is 18.5 Å². The van der Waals surface area contributed by atoms with Gasteiger partial charge in [-0.1, -0.05) is 13.1 Å². The molecule has 0 aliphatic carbocycles. The third-order valence-corrected chi connectivity index (χ3v) is 11.8. The maximum absolute atomic E-state index is 6.34. The zero-order valence-electron chi connectivity index (χ0n) is 13.8. The Bertz CT molecular complexity index is 269. The molecule has 0 N–H and O–H groups in total. The highest BCUT2D eigenvalue weighted by atomic mass is 28.4. The van der Waals surface area contributed by atoms with Gasteiger partial charge in [0.15, 0.2) is 0 Å². The standard InChI is InChI=1S/C14H32O2Si2/c1-11-17(8,9)12-18(10,15-13(2,3)4)16-14(5,6)7/h11H,1,12H2,2-10H3. The van der Waals surface area contributed by atoms with Crippen LogP contribution in [0.4, 0.5) is 0 Å². The first-order valence-corrected chi connectivity index (χ1v) is 12.5. The van der Waals surface area contributed by atoms with Crippen molar-refractivity contribution in [3.05, 3.63) is 12.3 Å². The highest BCUT2D eigenvalue weighted by Gasteiger charge is 2.43. The quantitative estimate of drug-likeness (QED) is 0.685. The molecule has 18 heavy (non-hydrogen) atoms. The largest absolute Gasteiger partial charge is 0.390 e. The normalized spacial score (nSPS) is 14.7. The summed E-state index contributed by atoms with van der Waals surface area (Å²) in [6.45, 7) is 23.4. The van der Waals surface area contributed by atoms with Crippen molar-refractivity contribution >= 4 is 16.6 Å². The number of rotatable bonds is 5. The fraction of sp³-hybridized carbons (Fsp3) is 0.857. The molecule has 0 radical (unpaired) electrons. The average Bonchev–Trinajstić information content (AvgIpc) is 1.93. The SMILES string of the molecule is C=C[Si](C)(C)C[Si](C)(OC(C)(C)C)OC(C)(C)C. The molecule has 0 aromatic carbocycles. The van der Waals surface area contributed by atoms with Crippen molar-refractivity contribution in [2.24, 2.45) is 0 Å². The van der Waals surface area contributed by atoms with Gasteiger partial charge in [0.25, 0.3) is 0 Å². The predicted molar refractivity (Wildman–Crippen MR) is 85.8 cm³/mol. The molecule has 0 saturated carbocycles. The van der Waals surface area contributed by atoms with Crippen LogP contribution in [0, 0.1) is 0 Å². The van der Waals surface area contributed by atoms with E-state index >= 15 is 0 Å². The summed E-state index contributed by atoms with van der Waals surface area (Å²) in [7, 11) is -3.62. The first-order chi connectivity index (χ1) is 7.68. The molecular formula is C14H32O2Si2. The summed E-state index contributed by atoms with van der Waals surface area (Å²) < 4.78 is 12.7. The molecule has 0 saturated heterocycles. The first kappa shape index (κ1) is 18.1. The predicted octanol–water partition coefficient (Wildman–Crippen LogP) is 4.66. The molecule has 0 unspecified atom stereocenters. The van der Waals surface area contributed by atoms with E-state index in [0.29, 0.717) is 0 Å². The van der Waals surface area contributed by atoms with Gasteiger partial charge < -0.3 is 8.85 Å². The van der Waals surface area contributed by atoms with Crippen LogP contribution < -0.4 is 0 Å². The summed E-state index contributed by atoms with van der Waals surface area (Å²) in [5.41, 5.74) is 2.88. The molecule has 0 aliphatic rings. The smallest absolute Gasteiger partial charge is 0.333 e. The van der Waals surface area contributed by atoms with Crippen LogP contribution in [-0.2, 0) is 8.85 Å². The minimum absolute atomic E-state index is 0.155. The van der Waals surface area contributed by atoms with Crippen LogP contribution >= 0.6 is 0 Å². The summed E-state index contributed by atoms with van der Waals surface area (Å²) in [5, 5.41) is 0. The summed E-state index contributed by atoms with van der Waals surface area (Å²) in [6.07, 6.45) is 0. The Morgan fingerprint density at radius 1 is 0.889 bits per heavy atom. The third-order valence-electron chi connectivity index (χ3n) is 2.37. The van der Waals surface area contributed by atoms with Crippen LogP contribution in [0.25, 0.3) is 0 Å². The Labute approximate surface area is 116 Å². The fourth-order valence-electron chi connectivity index (χ4n) is 2.29. The Hall–Kier alpha value is 0.0938. The van der Waals surface area contributed by atoms with E-state index in [2.05, 4.69) is 73.5 Å². The van der Waals surface area contributed by atoms with Gasteiger partial charge >= 0.3 is 8.56 Å². The Morgan fingerprint density at radius 2 is 1.22 bits per heavy atom. The summed E-state index contributed by atoms with van der Waals surface area (Å²) in [6, 6.07) is 0. The van der Waals surface area contributed by atoms with E-state index in [-0.39, 0.29) is 11.2 Å². The van der Waals surface area contributed by atoms with Crippen LogP contribution in [0.1, 0.15) is 41.5 Å². The highest BCUT2D eigenvalue weighted by Crippen LogP contribution is 2.30. The monoisotopic (exact) mass is 288 g/mol. The molecule has 0 aromatic heterocycles. The molecule has 0 atom stereocenters. The van der Waals surface area contributed by atoms with E-state index in [1.54, 1.807) is 0 Å². The lowest BCUT2D eigenvalue weighted by Crippen LogP contribution is -2.53. The van der Waals surface area contributed by atoms with E-state index in [1.807, 2.05) is 0 Å². The van der Waals surface area contributed by atoms with Gasteiger partial charge in [-0.2, -0.15) is 0 Å².